The summed E-state index contributed by atoms with van der Waals surface area (Å²) in [4.78, 5) is 3.76. The highest BCUT2D eigenvalue weighted by atomic mass is 16.3. The van der Waals surface area contributed by atoms with Crippen LogP contribution in [-0.4, -0.2) is 23.7 Å². The van der Waals surface area contributed by atoms with Gasteiger partial charge in [-0.3, -0.25) is 4.99 Å². The van der Waals surface area contributed by atoms with E-state index in [4.69, 9.17) is 16.6 Å². The molecule has 0 aliphatic rings. The molecule has 0 radical (unpaired) electrons. The smallest absolute Gasteiger partial charge is 0.185 e. The Bertz CT molecular complexity index is 108. The molecular formula is C6H15N3O. The Labute approximate surface area is 60.9 Å². The van der Waals surface area contributed by atoms with Crippen molar-refractivity contribution in [3.8, 4) is 0 Å². The van der Waals surface area contributed by atoms with E-state index in [1.807, 2.05) is 0 Å². The van der Waals surface area contributed by atoms with Crippen LogP contribution in [0.5, 0.6) is 0 Å². The first-order valence-electron chi connectivity index (χ1n) is 3.36. The van der Waals surface area contributed by atoms with E-state index in [9.17, 15) is 0 Å². The maximum Gasteiger partial charge on any atom is 0.185 e. The molecule has 10 heavy (non-hydrogen) atoms. The SMILES string of the molecule is C[C@H](O)CCCN=C(N)N. The molecular weight excluding hydrogens is 130 g/mol. The number of hydrogen-bond acceptors (Lipinski definition) is 2. The highest BCUT2D eigenvalue weighted by Crippen LogP contribution is 1.94. The van der Waals surface area contributed by atoms with Crippen molar-refractivity contribution in [2.24, 2.45) is 16.5 Å². The van der Waals surface area contributed by atoms with Crippen molar-refractivity contribution in [3.05, 3.63) is 0 Å². The molecule has 0 amide bonds. The van der Waals surface area contributed by atoms with Crippen molar-refractivity contribution >= 4 is 5.96 Å². The van der Waals surface area contributed by atoms with Crippen LogP contribution in [-0.2, 0) is 0 Å². The molecule has 4 nitrogen and oxygen atoms in total. The summed E-state index contributed by atoms with van der Waals surface area (Å²) in [6.45, 7) is 2.35. The van der Waals surface area contributed by atoms with Crippen molar-refractivity contribution < 1.29 is 5.11 Å². The van der Waals surface area contributed by atoms with Crippen LogP contribution in [0.15, 0.2) is 4.99 Å². The van der Waals surface area contributed by atoms with E-state index in [0.717, 1.165) is 12.8 Å². The predicted molar refractivity (Wildman–Crippen MR) is 41.6 cm³/mol. The van der Waals surface area contributed by atoms with E-state index in [1.54, 1.807) is 6.92 Å². The fraction of sp³-hybridized carbons (Fsp3) is 0.833. The fourth-order valence-corrected chi connectivity index (χ4v) is 0.595. The third-order valence-electron chi connectivity index (χ3n) is 1.07. The topological polar surface area (TPSA) is 84.6 Å². The number of aliphatic hydroxyl groups is 1. The van der Waals surface area contributed by atoms with Crippen LogP contribution >= 0.6 is 0 Å². The van der Waals surface area contributed by atoms with Gasteiger partial charge in [0.25, 0.3) is 0 Å². The first-order valence-corrected chi connectivity index (χ1v) is 3.36. The lowest BCUT2D eigenvalue weighted by Crippen LogP contribution is -2.23. The van der Waals surface area contributed by atoms with Crippen molar-refractivity contribution in [2.45, 2.75) is 25.9 Å². The van der Waals surface area contributed by atoms with Crippen LogP contribution in [0.2, 0.25) is 0 Å². The summed E-state index contributed by atoms with van der Waals surface area (Å²) in [5, 5.41) is 8.81. The largest absolute Gasteiger partial charge is 0.393 e. The van der Waals surface area contributed by atoms with Gasteiger partial charge in [0.05, 0.1) is 6.10 Å². The maximum absolute atomic E-state index is 8.81. The molecule has 0 unspecified atom stereocenters. The van der Waals surface area contributed by atoms with E-state index in [-0.39, 0.29) is 12.1 Å². The highest BCUT2D eigenvalue weighted by Gasteiger charge is 1.93. The molecule has 0 aromatic heterocycles. The summed E-state index contributed by atoms with van der Waals surface area (Å²) in [5.41, 5.74) is 10.1. The maximum atomic E-state index is 8.81. The van der Waals surface area contributed by atoms with E-state index in [2.05, 4.69) is 4.99 Å². The van der Waals surface area contributed by atoms with E-state index in [0.29, 0.717) is 6.54 Å². The van der Waals surface area contributed by atoms with Crippen molar-refractivity contribution in [3.63, 3.8) is 0 Å². The Kier molecular flexibility index (Phi) is 4.66. The molecule has 0 fully saturated rings. The van der Waals surface area contributed by atoms with E-state index < -0.39 is 0 Å². The number of aliphatic imine (C=N–C) groups is 1. The van der Waals surface area contributed by atoms with Gasteiger partial charge in [0.15, 0.2) is 5.96 Å². The first-order chi connectivity index (χ1) is 4.63. The van der Waals surface area contributed by atoms with Crippen LogP contribution < -0.4 is 11.5 Å². The Balaban J connectivity index is 3.13. The van der Waals surface area contributed by atoms with Gasteiger partial charge in [0.2, 0.25) is 0 Å². The zero-order valence-corrected chi connectivity index (χ0v) is 6.25. The number of aliphatic hydroxyl groups excluding tert-OH is 1. The Hall–Kier alpha value is -0.770. The first kappa shape index (κ1) is 9.23. The van der Waals surface area contributed by atoms with Gasteiger partial charge in [-0.2, -0.15) is 0 Å². The number of hydrogen-bond donors (Lipinski definition) is 3. The molecule has 4 heteroatoms. The van der Waals surface area contributed by atoms with Gasteiger partial charge in [0, 0.05) is 6.54 Å². The van der Waals surface area contributed by atoms with Gasteiger partial charge in [-0.05, 0) is 19.8 Å². The van der Waals surface area contributed by atoms with Gasteiger partial charge in [-0.1, -0.05) is 0 Å². The van der Waals surface area contributed by atoms with Crippen LogP contribution in [0.3, 0.4) is 0 Å². The van der Waals surface area contributed by atoms with Crippen LogP contribution in [0.4, 0.5) is 0 Å². The molecule has 5 N–H and O–H groups in total. The lowest BCUT2D eigenvalue weighted by atomic mass is 10.2. The van der Waals surface area contributed by atoms with Crippen molar-refractivity contribution in [1.82, 2.24) is 0 Å². The molecule has 0 aromatic rings. The molecule has 0 rings (SSSR count). The zero-order chi connectivity index (χ0) is 7.98. The molecule has 1 atom stereocenters. The van der Waals surface area contributed by atoms with Crippen molar-refractivity contribution in [1.29, 1.82) is 0 Å². The number of rotatable bonds is 4. The predicted octanol–water partition coefficient (Wildman–Crippen LogP) is -0.579. The molecule has 0 saturated heterocycles. The Morgan fingerprint density at radius 3 is 2.60 bits per heavy atom. The fourth-order valence-electron chi connectivity index (χ4n) is 0.595. The molecule has 0 saturated carbocycles. The summed E-state index contributed by atoms with van der Waals surface area (Å²) in [6, 6.07) is 0. The molecule has 60 valence electrons. The standard InChI is InChI=1S/C6H15N3O/c1-5(10)3-2-4-9-6(7)8/h5,10H,2-4H2,1H3,(H4,7,8,9)/t5-/m0/s1. The third-order valence-corrected chi connectivity index (χ3v) is 1.07. The summed E-state index contributed by atoms with van der Waals surface area (Å²) in [6.07, 6.45) is 1.32. The second-order valence-corrected chi connectivity index (χ2v) is 2.30. The van der Waals surface area contributed by atoms with Crippen LogP contribution in [0, 0.1) is 0 Å². The summed E-state index contributed by atoms with van der Waals surface area (Å²) in [5.74, 6) is 0.116. The zero-order valence-electron chi connectivity index (χ0n) is 6.25. The number of nitrogens with two attached hydrogens (primary N) is 2. The van der Waals surface area contributed by atoms with Crippen molar-refractivity contribution in [2.75, 3.05) is 6.54 Å². The highest BCUT2D eigenvalue weighted by molar-refractivity contribution is 5.75. The van der Waals surface area contributed by atoms with E-state index in [1.165, 1.54) is 0 Å². The number of nitrogens with zero attached hydrogens (tertiary/aromatic N) is 1. The molecule has 0 aromatic carbocycles. The minimum absolute atomic E-state index is 0.116. The normalized spacial score (nSPS) is 12.6. The third kappa shape index (κ3) is 7.23. The summed E-state index contributed by atoms with van der Waals surface area (Å²) < 4.78 is 0. The molecule has 0 spiro atoms. The monoisotopic (exact) mass is 145 g/mol. The Morgan fingerprint density at radius 1 is 1.60 bits per heavy atom. The van der Waals surface area contributed by atoms with Crippen LogP contribution in [0.1, 0.15) is 19.8 Å². The van der Waals surface area contributed by atoms with Crippen LogP contribution in [0.25, 0.3) is 0 Å². The summed E-state index contributed by atoms with van der Waals surface area (Å²) in [7, 11) is 0. The number of guanidine groups is 1. The van der Waals surface area contributed by atoms with Gasteiger partial charge in [-0.25, -0.2) is 0 Å². The second-order valence-electron chi connectivity index (χ2n) is 2.30. The average molecular weight is 145 g/mol. The molecule has 0 aliphatic heterocycles. The summed E-state index contributed by atoms with van der Waals surface area (Å²) >= 11 is 0. The van der Waals surface area contributed by atoms with Gasteiger partial charge in [-0.15, -0.1) is 0 Å². The lowest BCUT2D eigenvalue weighted by Gasteiger charge is -2.00. The minimum atomic E-state index is -0.255. The molecule has 0 bridgehead atoms. The van der Waals surface area contributed by atoms with Gasteiger partial charge >= 0.3 is 0 Å². The van der Waals surface area contributed by atoms with E-state index >= 15 is 0 Å². The molecule has 0 aliphatic carbocycles. The molecule has 0 heterocycles. The Morgan fingerprint density at radius 2 is 2.20 bits per heavy atom. The van der Waals surface area contributed by atoms with Gasteiger partial charge in [0.1, 0.15) is 0 Å². The van der Waals surface area contributed by atoms with Gasteiger partial charge < -0.3 is 16.6 Å². The lowest BCUT2D eigenvalue weighted by molar-refractivity contribution is 0.182. The average Bonchev–Trinajstić information content (AvgIpc) is 1.79. The minimum Gasteiger partial charge on any atom is -0.393 e. The quantitative estimate of drug-likeness (QED) is 0.281. The second kappa shape index (κ2) is 5.05.